The number of rotatable bonds is 9. The second kappa shape index (κ2) is 9.88. The van der Waals surface area contributed by atoms with Crippen molar-refractivity contribution in [2.75, 3.05) is 11.6 Å². The van der Waals surface area contributed by atoms with Gasteiger partial charge in [-0.2, -0.15) is 10.1 Å². The average molecular weight is 377 g/mol. The Balaban J connectivity index is 1.59. The first-order valence-corrected chi connectivity index (χ1v) is 10.1. The van der Waals surface area contributed by atoms with Crippen molar-refractivity contribution in [1.82, 2.24) is 0 Å². The molecule has 0 radical (unpaired) electrons. The molecule has 0 aromatic heterocycles. The van der Waals surface area contributed by atoms with Crippen molar-refractivity contribution in [3.05, 3.63) is 65.7 Å². The van der Waals surface area contributed by atoms with E-state index in [4.69, 9.17) is 4.74 Å². The van der Waals surface area contributed by atoms with Gasteiger partial charge >= 0.3 is 0 Å². The first-order chi connectivity index (χ1) is 13.7. The van der Waals surface area contributed by atoms with Gasteiger partial charge in [-0.15, -0.1) is 0 Å². The minimum atomic E-state index is -0.101. The Kier molecular flexibility index (Phi) is 7.01. The van der Waals surface area contributed by atoms with Gasteiger partial charge in [0.1, 0.15) is 5.75 Å². The number of carbonyl (C=O) groups is 1. The molecule has 28 heavy (non-hydrogen) atoms. The highest BCUT2D eigenvalue weighted by Gasteiger charge is 2.28. The van der Waals surface area contributed by atoms with E-state index in [0.717, 1.165) is 35.7 Å². The summed E-state index contributed by atoms with van der Waals surface area (Å²) in [4.78, 5) is 12.8. The predicted octanol–water partition coefficient (Wildman–Crippen LogP) is 5.84. The Morgan fingerprint density at radius 2 is 1.68 bits per heavy atom. The maximum absolute atomic E-state index is 12.8. The van der Waals surface area contributed by atoms with Gasteiger partial charge in [0, 0.05) is 0 Å². The lowest BCUT2D eigenvalue weighted by atomic mass is 10.1. The van der Waals surface area contributed by atoms with Gasteiger partial charge in [0.25, 0.3) is 5.91 Å². The summed E-state index contributed by atoms with van der Waals surface area (Å²) in [5.74, 6) is 0.766. The van der Waals surface area contributed by atoms with E-state index in [0.29, 0.717) is 5.57 Å². The average Bonchev–Trinajstić information content (AvgIpc) is 3.00. The Morgan fingerprint density at radius 1 is 0.964 bits per heavy atom. The summed E-state index contributed by atoms with van der Waals surface area (Å²) in [5, 5.41) is 5.87. The van der Waals surface area contributed by atoms with Gasteiger partial charge in [-0.05, 0) is 49.2 Å². The van der Waals surface area contributed by atoms with Crippen molar-refractivity contribution in [3.63, 3.8) is 0 Å². The number of ether oxygens (including phenoxy) is 1. The standard InChI is InChI=1S/C24H28N2O2/c1-3-4-5-6-10-17-28-22-15-13-20(14-16-22)18-23-19(2)25-26(24(23)27)21-11-8-7-9-12-21/h7-9,11-16,18H,3-6,10,17H2,1-2H3. The molecule has 2 aromatic carbocycles. The van der Waals surface area contributed by atoms with Crippen LogP contribution in [0.2, 0.25) is 0 Å². The second-order valence-electron chi connectivity index (χ2n) is 7.03. The zero-order valence-corrected chi connectivity index (χ0v) is 16.7. The lowest BCUT2D eigenvalue weighted by molar-refractivity contribution is -0.114. The van der Waals surface area contributed by atoms with Gasteiger partial charge in [0.15, 0.2) is 0 Å². The van der Waals surface area contributed by atoms with Crippen molar-refractivity contribution < 1.29 is 9.53 Å². The van der Waals surface area contributed by atoms with Crippen molar-refractivity contribution in [1.29, 1.82) is 0 Å². The lowest BCUT2D eigenvalue weighted by Crippen LogP contribution is -2.21. The predicted molar refractivity (Wildman–Crippen MR) is 116 cm³/mol. The molecular weight excluding hydrogens is 348 g/mol. The first kappa shape index (κ1) is 19.9. The molecular formula is C24H28N2O2. The third kappa shape index (κ3) is 5.10. The molecule has 0 atom stereocenters. The molecule has 0 aliphatic carbocycles. The molecule has 0 saturated heterocycles. The molecule has 1 amide bonds. The molecule has 146 valence electrons. The minimum absolute atomic E-state index is 0.101. The Bertz CT molecular complexity index is 839. The van der Waals surface area contributed by atoms with Crippen molar-refractivity contribution in [2.45, 2.75) is 46.0 Å². The van der Waals surface area contributed by atoms with E-state index in [1.54, 1.807) is 0 Å². The molecule has 1 aliphatic heterocycles. The van der Waals surface area contributed by atoms with Crippen LogP contribution in [0.25, 0.3) is 6.08 Å². The fourth-order valence-corrected chi connectivity index (χ4v) is 3.15. The van der Waals surface area contributed by atoms with Crippen LogP contribution < -0.4 is 9.75 Å². The minimum Gasteiger partial charge on any atom is -0.494 e. The van der Waals surface area contributed by atoms with Crippen LogP contribution in [0, 0.1) is 0 Å². The summed E-state index contributed by atoms with van der Waals surface area (Å²) in [6, 6.07) is 17.4. The molecule has 0 N–H and O–H groups in total. The number of unbranched alkanes of at least 4 members (excludes halogenated alkanes) is 4. The highest BCUT2D eigenvalue weighted by molar-refractivity contribution is 6.32. The second-order valence-corrected chi connectivity index (χ2v) is 7.03. The SMILES string of the molecule is CCCCCCCOc1ccc(C=C2C(=O)N(c3ccccc3)N=C2C)cc1. The summed E-state index contributed by atoms with van der Waals surface area (Å²) >= 11 is 0. The number of amides is 1. The zero-order chi connectivity index (χ0) is 19.8. The number of nitrogens with zero attached hydrogens (tertiary/aromatic N) is 2. The monoisotopic (exact) mass is 376 g/mol. The van der Waals surface area contributed by atoms with Gasteiger partial charge in [-0.1, -0.05) is 62.9 Å². The van der Waals surface area contributed by atoms with Gasteiger partial charge in [0.2, 0.25) is 0 Å². The summed E-state index contributed by atoms with van der Waals surface area (Å²) in [5.41, 5.74) is 3.08. The van der Waals surface area contributed by atoms with Crippen LogP contribution in [0.4, 0.5) is 5.69 Å². The molecule has 0 spiro atoms. The van der Waals surface area contributed by atoms with Gasteiger partial charge in [0.05, 0.1) is 23.6 Å². The number of hydrogen-bond donors (Lipinski definition) is 0. The van der Waals surface area contributed by atoms with Gasteiger partial charge in [-0.3, -0.25) is 4.79 Å². The Labute approximate surface area is 167 Å². The molecule has 1 heterocycles. The maximum atomic E-state index is 12.8. The zero-order valence-electron chi connectivity index (χ0n) is 16.7. The molecule has 4 heteroatoms. The third-order valence-corrected chi connectivity index (χ3v) is 4.77. The van der Waals surface area contributed by atoms with Crippen LogP contribution >= 0.6 is 0 Å². The van der Waals surface area contributed by atoms with Crippen molar-refractivity contribution in [3.8, 4) is 5.75 Å². The van der Waals surface area contributed by atoms with Crippen molar-refractivity contribution in [2.24, 2.45) is 5.10 Å². The Morgan fingerprint density at radius 3 is 2.39 bits per heavy atom. The van der Waals surface area contributed by atoms with E-state index in [2.05, 4.69) is 12.0 Å². The number of hydrogen-bond acceptors (Lipinski definition) is 3. The first-order valence-electron chi connectivity index (χ1n) is 10.1. The summed E-state index contributed by atoms with van der Waals surface area (Å²) in [7, 11) is 0. The number of para-hydroxylation sites is 1. The van der Waals surface area contributed by atoms with E-state index in [1.165, 1.54) is 30.7 Å². The van der Waals surface area contributed by atoms with E-state index in [1.807, 2.05) is 67.6 Å². The summed E-state index contributed by atoms with van der Waals surface area (Å²) in [6.45, 7) is 4.84. The lowest BCUT2D eigenvalue weighted by Gasteiger charge is -2.11. The van der Waals surface area contributed by atoms with E-state index < -0.39 is 0 Å². The molecule has 2 aromatic rings. The van der Waals surface area contributed by atoms with Crippen LogP contribution in [0.5, 0.6) is 5.75 Å². The van der Waals surface area contributed by atoms with Crippen LogP contribution in [0.1, 0.15) is 51.5 Å². The number of benzene rings is 2. The maximum Gasteiger partial charge on any atom is 0.280 e. The third-order valence-electron chi connectivity index (χ3n) is 4.77. The topological polar surface area (TPSA) is 41.9 Å². The molecule has 3 rings (SSSR count). The molecule has 0 saturated carbocycles. The smallest absolute Gasteiger partial charge is 0.280 e. The van der Waals surface area contributed by atoms with E-state index in [-0.39, 0.29) is 5.91 Å². The molecule has 1 aliphatic rings. The van der Waals surface area contributed by atoms with Crippen LogP contribution in [-0.2, 0) is 4.79 Å². The number of hydrazone groups is 1. The van der Waals surface area contributed by atoms with Crippen LogP contribution in [-0.4, -0.2) is 18.2 Å². The summed E-state index contributed by atoms with van der Waals surface area (Å²) in [6.07, 6.45) is 8.03. The quantitative estimate of drug-likeness (QED) is 0.407. The normalized spacial score (nSPS) is 15.2. The highest BCUT2D eigenvalue weighted by atomic mass is 16.5. The summed E-state index contributed by atoms with van der Waals surface area (Å²) < 4.78 is 5.81. The molecule has 4 nitrogen and oxygen atoms in total. The van der Waals surface area contributed by atoms with Crippen molar-refractivity contribution >= 4 is 23.4 Å². The molecule has 0 bridgehead atoms. The fourth-order valence-electron chi connectivity index (χ4n) is 3.15. The Hall–Kier alpha value is -2.88. The fraction of sp³-hybridized carbons (Fsp3) is 0.333. The van der Waals surface area contributed by atoms with E-state index in [9.17, 15) is 4.79 Å². The highest BCUT2D eigenvalue weighted by Crippen LogP contribution is 2.25. The van der Waals surface area contributed by atoms with Crippen LogP contribution in [0.15, 0.2) is 65.3 Å². The molecule has 0 fully saturated rings. The number of anilines is 1. The number of carbonyl (C=O) groups excluding carboxylic acids is 1. The molecule has 0 unspecified atom stereocenters. The van der Waals surface area contributed by atoms with E-state index >= 15 is 0 Å². The van der Waals surface area contributed by atoms with Gasteiger partial charge in [-0.25, -0.2) is 0 Å². The van der Waals surface area contributed by atoms with Gasteiger partial charge < -0.3 is 4.74 Å². The van der Waals surface area contributed by atoms with Crippen LogP contribution in [0.3, 0.4) is 0 Å². The largest absolute Gasteiger partial charge is 0.494 e.